The number of nitrogens with one attached hydrogen (secondary N) is 1. The third-order valence-corrected chi connectivity index (χ3v) is 8.55. The summed E-state index contributed by atoms with van der Waals surface area (Å²) in [5.74, 6) is 1.71. The van der Waals surface area contributed by atoms with Crippen molar-refractivity contribution in [2.75, 3.05) is 0 Å². The molecule has 26 heavy (non-hydrogen) atoms. The second-order valence-corrected chi connectivity index (χ2v) is 10.9. The molecular formula is C22H36NO2P. The Morgan fingerprint density at radius 3 is 2.38 bits per heavy atom. The molecule has 0 unspecified atom stereocenters. The molecule has 146 valence electrons. The summed E-state index contributed by atoms with van der Waals surface area (Å²) in [6, 6.07) is 10.2. The minimum Gasteiger partial charge on any atom is -0.311 e. The van der Waals surface area contributed by atoms with Gasteiger partial charge in [-0.1, -0.05) is 64.7 Å². The Hall–Kier alpha value is -0.630. The Morgan fingerprint density at radius 2 is 1.73 bits per heavy atom. The van der Waals surface area contributed by atoms with Gasteiger partial charge in [-0.25, -0.2) is 5.09 Å². The summed E-state index contributed by atoms with van der Waals surface area (Å²) in [5, 5.41) is 4.33. The van der Waals surface area contributed by atoms with E-state index in [0.717, 1.165) is 24.6 Å². The monoisotopic (exact) mass is 377 g/mol. The average molecular weight is 378 g/mol. The first-order valence-corrected chi connectivity index (χ1v) is 12.2. The van der Waals surface area contributed by atoms with Crippen LogP contribution in [0.2, 0.25) is 0 Å². The van der Waals surface area contributed by atoms with Gasteiger partial charge in [0, 0.05) is 6.04 Å². The van der Waals surface area contributed by atoms with Gasteiger partial charge in [0.1, 0.15) is 0 Å². The summed E-state index contributed by atoms with van der Waals surface area (Å²) < 4.78 is 20.6. The van der Waals surface area contributed by atoms with Crippen molar-refractivity contribution in [3.05, 3.63) is 30.3 Å². The Balaban J connectivity index is 1.83. The van der Waals surface area contributed by atoms with Crippen LogP contribution in [-0.2, 0) is 9.09 Å². The fraction of sp³-hybridized carbons (Fsp3) is 0.727. The molecule has 4 heteroatoms. The Labute approximate surface area is 159 Å². The van der Waals surface area contributed by atoms with Crippen molar-refractivity contribution in [1.82, 2.24) is 5.09 Å². The van der Waals surface area contributed by atoms with Crippen molar-refractivity contribution < 1.29 is 9.09 Å². The predicted molar refractivity (Wildman–Crippen MR) is 110 cm³/mol. The van der Waals surface area contributed by atoms with Gasteiger partial charge >= 0.3 is 0 Å². The van der Waals surface area contributed by atoms with Gasteiger partial charge in [0.25, 0.3) is 7.52 Å². The van der Waals surface area contributed by atoms with Crippen molar-refractivity contribution in [3.8, 4) is 0 Å². The van der Waals surface area contributed by atoms with Crippen LogP contribution in [-0.4, -0.2) is 12.1 Å². The molecular weight excluding hydrogens is 341 g/mol. The van der Waals surface area contributed by atoms with E-state index in [1.807, 2.05) is 30.3 Å². The van der Waals surface area contributed by atoms with E-state index in [1.54, 1.807) is 0 Å². The maximum absolute atomic E-state index is 14.1. The van der Waals surface area contributed by atoms with E-state index in [0.29, 0.717) is 23.8 Å². The second-order valence-electron chi connectivity index (χ2n) is 8.82. The first kappa shape index (κ1) is 20.1. The van der Waals surface area contributed by atoms with Crippen molar-refractivity contribution in [3.63, 3.8) is 0 Å². The lowest BCUT2D eigenvalue weighted by Crippen LogP contribution is -2.39. The molecule has 0 heterocycles. The normalized spacial score (nSPS) is 30.2. The number of hydrogen-bond donors (Lipinski definition) is 1. The second kappa shape index (κ2) is 9.04. The first-order chi connectivity index (χ1) is 12.5. The highest BCUT2D eigenvalue weighted by Crippen LogP contribution is 2.49. The third-order valence-electron chi connectivity index (χ3n) is 6.30. The summed E-state index contributed by atoms with van der Waals surface area (Å²) in [4.78, 5) is 0. The fourth-order valence-corrected chi connectivity index (χ4v) is 6.95. The smallest absolute Gasteiger partial charge is 0.300 e. The van der Waals surface area contributed by atoms with E-state index in [1.165, 1.54) is 32.1 Å². The van der Waals surface area contributed by atoms with Gasteiger partial charge in [0.15, 0.2) is 0 Å². The van der Waals surface area contributed by atoms with Gasteiger partial charge in [-0.2, -0.15) is 0 Å². The standard InChI is InChI=1S/C22H36NO2P/c1-17(2)21-15-14-18(3)16-22(21)25-26(24,20-12-8-5-9-13-20)23-19-10-6-4-7-11-19/h5,8-9,12-13,17-19,21-22H,4,6-7,10-11,14-16H2,1-3H3,(H,23,24)/t18-,21+,22-,26-/m1/s1. The van der Waals surface area contributed by atoms with E-state index in [9.17, 15) is 4.57 Å². The van der Waals surface area contributed by atoms with Gasteiger partial charge in [-0.3, -0.25) is 4.57 Å². The summed E-state index contributed by atoms with van der Waals surface area (Å²) >= 11 is 0. The molecule has 2 saturated carbocycles. The zero-order valence-corrected chi connectivity index (χ0v) is 17.6. The van der Waals surface area contributed by atoms with E-state index in [4.69, 9.17) is 4.52 Å². The molecule has 0 amide bonds. The van der Waals surface area contributed by atoms with Crippen molar-refractivity contribution in [2.24, 2.45) is 17.8 Å². The Morgan fingerprint density at radius 1 is 1.04 bits per heavy atom. The van der Waals surface area contributed by atoms with Crippen molar-refractivity contribution in [1.29, 1.82) is 0 Å². The maximum atomic E-state index is 14.1. The third kappa shape index (κ3) is 5.00. The molecule has 1 aromatic rings. The molecule has 0 aromatic heterocycles. The zero-order chi connectivity index (χ0) is 18.6. The van der Waals surface area contributed by atoms with Crippen LogP contribution in [0.1, 0.15) is 72.1 Å². The molecule has 2 aliphatic carbocycles. The highest BCUT2D eigenvalue weighted by atomic mass is 31.2. The van der Waals surface area contributed by atoms with Gasteiger partial charge in [0.05, 0.1) is 11.4 Å². The van der Waals surface area contributed by atoms with Crippen molar-refractivity contribution in [2.45, 2.75) is 84.3 Å². The molecule has 4 atom stereocenters. The van der Waals surface area contributed by atoms with Crippen LogP contribution in [0.5, 0.6) is 0 Å². The number of rotatable bonds is 6. The molecule has 2 fully saturated rings. The number of hydrogen-bond acceptors (Lipinski definition) is 2. The summed E-state index contributed by atoms with van der Waals surface area (Å²) in [5.41, 5.74) is 0. The molecule has 0 radical (unpaired) electrons. The quantitative estimate of drug-likeness (QED) is 0.627. The largest absolute Gasteiger partial charge is 0.311 e. The zero-order valence-electron chi connectivity index (χ0n) is 16.7. The van der Waals surface area contributed by atoms with Crippen LogP contribution in [0.4, 0.5) is 0 Å². The van der Waals surface area contributed by atoms with Gasteiger partial charge in [0.2, 0.25) is 0 Å². The van der Waals surface area contributed by atoms with Crippen LogP contribution in [0, 0.1) is 17.8 Å². The molecule has 3 nitrogen and oxygen atoms in total. The lowest BCUT2D eigenvalue weighted by Gasteiger charge is -2.40. The minimum absolute atomic E-state index is 0.0841. The SMILES string of the molecule is CC(C)[C@@H]1CC[C@@H](C)C[C@H]1O[P@@](=O)(NC1CCCCC1)c1ccccc1. The molecule has 0 aliphatic heterocycles. The molecule has 0 spiro atoms. The maximum Gasteiger partial charge on any atom is 0.300 e. The van der Waals surface area contributed by atoms with E-state index < -0.39 is 7.52 Å². The summed E-state index contributed by atoms with van der Waals surface area (Å²) in [7, 11) is -3.06. The Kier molecular flexibility index (Phi) is 6.99. The lowest BCUT2D eigenvalue weighted by molar-refractivity contribution is 0.0476. The predicted octanol–water partition coefficient (Wildman–Crippen LogP) is 5.90. The van der Waals surface area contributed by atoms with Crippen LogP contribution in [0.3, 0.4) is 0 Å². The van der Waals surface area contributed by atoms with E-state index in [2.05, 4.69) is 25.9 Å². The van der Waals surface area contributed by atoms with Gasteiger partial charge < -0.3 is 4.52 Å². The summed E-state index contributed by atoms with van der Waals surface area (Å²) in [6.07, 6.45) is 9.50. The van der Waals surface area contributed by atoms with E-state index >= 15 is 0 Å². The van der Waals surface area contributed by atoms with Crippen LogP contribution < -0.4 is 10.4 Å². The first-order valence-electron chi connectivity index (χ1n) is 10.6. The van der Waals surface area contributed by atoms with E-state index in [-0.39, 0.29) is 6.10 Å². The fourth-order valence-electron chi connectivity index (χ4n) is 4.69. The highest BCUT2D eigenvalue weighted by Gasteiger charge is 2.39. The minimum atomic E-state index is -3.06. The topological polar surface area (TPSA) is 38.3 Å². The van der Waals surface area contributed by atoms with Gasteiger partial charge in [-0.15, -0.1) is 0 Å². The number of benzene rings is 1. The highest BCUT2D eigenvalue weighted by molar-refractivity contribution is 7.65. The molecule has 0 bridgehead atoms. The average Bonchev–Trinajstić information content (AvgIpc) is 2.63. The van der Waals surface area contributed by atoms with Crippen LogP contribution >= 0.6 is 7.52 Å². The molecule has 1 N–H and O–H groups in total. The van der Waals surface area contributed by atoms with Crippen LogP contribution in [0.15, 0.2) is 30.3 Å². The summed E-state index contributed by atoms with van der Waals surface area (Å²) in [6.45, 7) is 6.85. The molecule has 1 aromatic carbocycles. The molecule has 0 saturated heterocycles. The Bertz CT molecular complexity index is 597. The molecule has 2 aliphatic rings. The van der Waals surface area contributed by atoms with Gasteiger partial charge in [-0.05, 0) is 55.6 Å². The van der Waals surface area contributed by atoms with Crippen molar-refractivity contribution >= 4 is 12.8 Å². The molecule has 3 rings (SSSR count). The van der Waals surface area contributed by atoms with Crippen LogP contribution in [0.25, 0.3) is 0 Å². The lowest BCUT2D eigenvalue weighted by atomic mass is 9.75.